The van der Waals surface area contributed by atoms with Gasteiger partial charge in [-0.15, -0.1) is 0 Å². The summed E-state index contributed by atoms with van der Waals surface area (Å²) in [6.45, 7) is 10.5. The number of piperidine rings is 1. The van der Waals surface area contributed by atoms with Crippen LogP contribution in [0.5, 0.6) is 0 Å². The van der Waals surface area contributed by atoms with Gasteiger partial charge >= 0.3 is 0 Å². The van der Waals surface area contributed by atoms with Crippen LogP contribution in [-0.4, -0.2) is 41.1 Å². The van der Waals surface area contributed by atoms with Gasteiger partial charge in [-0.2, -0.15) is 0 Å². The van der Waals surface area contributed by atoms with E-state index in [0.29, 0.717) is 6.04 Å². The minimum atomic E-state index is 0.103. The summed E-state index contributed by atoms with van der Waals surface area (Å²) < 4.78 is 2.32. The fraction of sp³-hybridized carbons (Fsp3) is 0.593. The number of aryl methyl sites for hydroxylation is 1. The third-order valence-electron chi connectivity index (χ3n) is 7.33. The van der Waals surface area contributed by atoms with Crippen LogP contribution in [0.2, 0.25) is 0 Å². The molecule has 1 fully saturated rings. The van der Waals surface area contributed by atoms with Crippen molar-refractivity contribution < 1.29 is 4.79 Å². The third-order valence-corrected chi connectivity index (χ3v) is 7.33. The Morgan fingerprint density at radius 2 is 1.97 bits per heavy atom. The van der Waals surface area contributed by atoms with Crippen molar-refractivity contribution in [1.82, 2.24) is 14.8 Å². The second-order valence-electron chi connectivity index (χ2n) is 9.67. The quantitative estimate of drug-likeness (QED) is 0.637. The van der Waals surface area contributed by atoms with Crippen LogP contribution >= 0.6 is 0 Å². The van der Waals surface area contributed by atoms with E-state index in [4.69, 9.17) is 0 Å². The molecule has 1 aromatic heterocycles. The Labute approximate surface area is 188 Å². The number of nitrogens with one attached hydrogen (secondary N) is 1. The number of rotatable bonds is 7. The molecular weight excluding hydrogens is 382 g/mol. The number of carbonyl (C=O) groups excluding carboxylic acids is 1. The zero-order valence-electron chi connectivity index (χ0n) is 19.7. The van der Waals surface area contributed by atoms with Crippen molar-refractivity contribution in [3.63, 3.8) is 0 Å². The second kappa shape index (κ2) is 10.0. The summed E-state index contributed by atoms with van der Waals surface area (Å²) in [5.74, 6) is 0.103. The lowest BCUT2D eigenvalue weighted by Crippen LogP contribution is -2.39. The van der Waals surface area contributed by atoms with Gasteiger partial charge in [0.1, 0.15) is 5.69 Å². The second-order valence-corrected chi connectivity index (χ2v) is 9.67. The molecule has 1 aliphatic carbocycles. The Morgan fingerprint density at radius 1 is 1.13 bits per heavy atom. The molecule has 31 heavy (non-hydrogen) atoms. The van der Waals surface area contributed by atoms with Gasteiger partial charge in [0.05, 0.1) is 0 Å². The highest BCUT2D eigenvalue weighted by molar-refractivity contribution is 5.95. The number of hydrogen-bond acceptors (Lipinski definition) is 2. The van der Waals surface area contributed by atoms with Crippen LogP contribution in [0.3, 0.4) is 0 Å². The number of benzene rings is 1. The maximum absolute atomic E-state index is 13.3. The topological polar surface area (TPSA) is 37.3 Å². The molecule has 4 heteroatoms. The summed E-state index contributed by atoms with van der Waals surface area (Å²) in [6.07, 6.45) is 9.65. The van der Waals surface area contributed by atoms with Crippen molar-refractivity contribution in [3.05, 3.63) is 57.9 Å². The van der Waals surface area contributed by atoms with E-state index in [1.807, 2.05) is 0 Å². The van der Waals surface area contributed by atoms with Crippen molar-refractivity contribution in [1.29, 1.82) is 0 Å². The molecule has 1 atom stereocenters. The average Bonchev–Trinajstić information content (AvgIpc) is 3.04. The molecule has 1 aliphatic heterocycles. The van der Waals surface area contributed by atoms with Crippen molar-refractivity contribution in [2.75, 3.05) is 19.6 Å². The van der Waals surface area contributed by atoms with E-state index >= 15 is 0 Å². The number of hydrogen-bond donors (Lipinski definition) is 1. The summed E-state index contributed by atoms with van der Waals surface area (Å²) in [7, 11) is 0. The lowest BCUT2D eigenvalue weighted by molar-refractivity contribution is 0.0939. The molecule has 2 aliphatic rings. The molecule has 4 rings (SSSR count). The predicted molar refractivity (Wildman–Crippen MR) is 128 cm³/mol. The Kier molecular flexibility index (Phi) is 7.16. The van der Waals surface area contributed by atoms with Gasteiger partial charge in [-0.05, 0) is 89.0 Å². The lowest BCUT2D eigenvalue weighted by atomic mass is 9.95. The number of nitrogens with zero attached hydrogens (tertiary/aromatic N) is 2. The minimum absolute atomic E-state index is 0.103. The smallest absolute Gasteiger partial charge is 0.268 e. The number of fused-ring (bicyclic) bond motifs is 1. The van der Waals surface area contributed by atoms with Crippen LogP contribution in [0.4, 0.5) is 0 Å². The van der Waals surface area contributed by atoms with E-state index in [-0.39, 0.29) is 5.91 Å². The van der Waals surface area contributed by atoms with Crippen molar-refractivity contribution in [2.24, 2.45) is 0 Å². The average molecular weight is 422 g/mol. The molecule has 0 bridgehead atoms. The first-order chi connectivity index (χ1) is 15.0. The van der Waals surface area contributed by atoms with E-state index in [9.17, 15) is 4.79 Å². The number of likely N-dealkylation sites (tertiary alicyclic amines) is 1. The molecule has 0 spiro atoms. The van der Waals surface area contributed by atoms with Gasteiger partial charge in [0.2, 0.25) is 0 Å². The molecule has 1 N–H and O–H groups in total. The summed E-state index contributed by atoms with van der Waals surface area (Å²) in [5, 5.41) is 3.25. The van der Waals surface area contributed by atoms with Gasteiger partial charge in [-0.25, -0.2) is 0 Å². The molecule has 1 amide bonds. The van der Waals surface area contributed by atoms with Gasteiger partial charge < -0.3 is 14.8 Å². The number of aromatic nitrogens is 1. The van der Waals surface area contributed by atoms with Crippen molar-refractivity contribution in [3.8, 4) is 0 Å². The molecule has 1 aromatic carbocycles. The van der Waals surface area contributed by atoms with Gasteiger partial charge in [0.15, 0.2) is 0 Å². The van der Waals surface area contributed by atoms with Gasteiger partial charge in [-0.3, -0.25) is 4.79 Å². The molecule has 168 valence electrons. The highest BCUT2D eigenvalue weighted by atomic mass is 16.1. The van der Waals surface area contributed by atoms with Crippen LogP contribution in [0.15, 0.2) is 24.3 Å². The summed E-state index contributed by atoms with van der Waals surface area (Å²) in [5.41, 5.74) is 7.44. The third kappa shape index (κ3) is 5.06. The van der Waals surface area contributed by atoms with Crippen LogP contribution in [0, 0.1) is 13.8 Å². The monoisotopic (exact) mass is 421 g/mol. The highest BCUT2D eigenvalue weighted by Crippen LogP contribution is 2.30. The van der Waals surface area contributed by atoms with Crippen LogP contribution in [0.25, 0.3) is 0 Å². The summed E-state index contributed by atoms with van der Waals surface area (Å²) in [6, 6.07) is 9.36. The summed E-state index contributed by atoms with van der Waals surface area (Å²) in [4.78, 5) is 15.9. The van der Waals surface area contributed by atoms with E-state index < -0.39 is 0 Å². The normalized spacial score (nSPS) is 19.3. The molecule has 2 heterocycles. The molecule has 2 aromatic rings. The Bertz CT molecular complexity index is 913. The van der Waals surface area contributed by atoms with E-state index in [2.05, 4.69) is 59.8 Å². The zero-order valence-corrected chi connectivity index (χ0v) is 19.7. The molecule has 1 unspecified atom stereocenters. The fourth-order valence-corrected chi connectivity index (χ4v) is 5.59. The Hall–Kier alpha value is -2.07. The first kappa shape index (κ1) is 22.1. The number of carbonyl (C=O) groups is 1. The van der Waals surface area contributed by atoms with Gasteiger partial charge in [0, 0.05) is 31.4 Å². The fourth-order valence-electron chi connectivity index (χ4n) is 5.59. The summed E-state index contributed by atoms with van der Waals surface area (Å²) >= 11 is 0. The van der Waals surface area contributed by atoms with Gasteiger partial charge in [0.25, 0.3) is 5.91 Å². The van der Waals surface area contributed by atoms with Gasteiger partial charge in [-0.1, -0.05) is 36.2 Å². The Morgan fingerprint density at radius 3 is 2.77 bits per heavy atom. The van der Waals surface area contributed by atoms with E-state index in [1.54, 1.807) is 0 Å². The van der Waals surface area contributed by atoms with Crippen molar-refractivity contribution >= 4 is 5.91 Å². The van der Waals surface area contributed by atoms with Crippen LogP contribution in [-0.2, 0) is 19.4 Å². The maximum atomic E-state index is 13.3. The SMILES string of the molecule is Cc1cccc(Cn2c3c(c(C)c2C(=O)NCCCN2CCCCC2C)CCCC3)c1. The molecular formula is C27H39N3O. The van der Waals surface area contributed by atoms with E-state index in [0.717, 1.165) is 44.6 Å². The predicted octanol–water partition coefficient (Wildman–Crippen LogP) is 5.03. The maximum Gasteiger partial charge on any atom is 0.268 e. The lowest BCUT2D eigenvalue weighted by Gasteiger charge is -2.33. The van der Waals surface area contributed by atoms with Crippen molar-refractivity contribution in [2.45, 2.75) is 84.7 Å². The van der Waals surface area contributed by atoms with E-state index in [1.165, 1.54) is 66.6 Å². The molecule has 1 saturated heterocycles. The molecule has 0 saturated carbocycles. The standard InChI is InChI=1S/C27H39N3O/c1-20-10-8-12-23(18-20)19-30-25-14-5-4-13-24(25)22(3)26(30)27(31)28-15-9-17-29-16-7-6-11-21(29)2/h8,10,12,18,21H,4-7,9,11,13-17,19H2,1-3H3,(H,28,31). The first-order valence-corrected chi connectivity index (χ1v) is 12.3. The highest BCUT2D eigenvalue weighted by Gasteiger charge is 2.26. The molecule has 0 radical (unpaired) electrons. The first-order valence-electron chi connectivity index (χ1n) is 12.3. The molecule has 4 nitrogen and oxygen atoms in total. The minimum Gasteiger partial charge on any atom is -0.351 e. The largest absolute Gasteiger partial charge is 0.351 e. The number of amides is 1. The Balaban J connectivity index is 1.47. The zero-order chi connectivity index (χ0) is 21.8. The van der Waals surface area contributed by atoms with Crippen LogP contribution < -0.4 is 5.32 Å². The van der Waals surface area contributed by atoms with Crippen LogP contribution in [0.1, 0.15) is 83.9 Å².